The van der Waals surface area contributed by atoms with Crippen molar-refractivity contribution < 1.29 is 4.79 Å². The van der Waals surface area contributed by atoms with Crippen LogP contribution in [0, 0.1) is 5.92 Å². The van der Waals surface area contributed by atoms with Crippen LogP contribution < -0.4 is 10.6 Å². The van der Waals surface area contributed by atoms with Crippen molar-refractivity contribution in [3.05, 3.63) is 35.9 Å². The molecule has 88 valence electrons. The predicted octanol–water partition coefficient (Wildman–Crippen LogP) is 0.986. The average Bonchev–Trinajstić information content (AvgIpc) is 2.16. The van der Waals surface area contributed by atoms with Gasteiger partial charge in [-0.25, -0.2) is 0 Å². The van der Waals surface area contributed by atoms with Gasteiger partial charge in [0.05, 0.1) is 5.92 Å². The van der Waals surface area contributed by atoms with Crippen LogP contribution in [0.3, 0.4) is 0 Å². The van der Waals surface area contributed by atoms with E-state index in [1.165, 1.54) is 5.56 Å². The Balaban J connectivity index is 0.00000128. The smallest absolute Gasteiger partial charge is 0.225 e. The van der Waals surface area contributed by atoms with Crippen LogP contribution in [0.25, 0.3) is 0 Å². The highest BCUT2D eigenvalue weighted by atomic mass is 35.5. The third-order valence-corrected chi connectivity index (χ3v) is 2.71. The van der Waals surface area contributed by atoms with Gasteiger partial charge in [-0.2, -0.15) is 0 Å². The van der Waals surface area contributed by atoms with Gasteiger partial charge in [0.25, 0.3) is 0 Å². The molecule has 0 atom stereocenters. The number of hydrogen-bond acceptors (Lipinski definition) is 2. The number of nitrogens with one attached hydrogen (secondary N) is 2. The molecule has 1 aromatic carbocycles. The van der Waals surface area contributed by atoms with E-state index in [1.54, 1.807) is 0 Å². The van der Waals surface area contributed by atoms with E-state index >= 15 is 0 Å². The monoisotopic (exact) mass is 240 g/mol. The minimum Gasteiger partial charge on any atom is -0.355 e. The summed E-state index contributed by atoms with van der Waals surface area (Å²) in [5.74, 6) is 0.380. The fourth-order valence-electron chi connectivity index (χ4n) is 1.59. The molecule has 1 fully saturated rings. The highest BCUT2D eigenvalue weighted by molar-refractivity contribution is 5.85. The van der Waals surface area contributed by atoms with Gasteiger partial charge in [0.1, 0.15) is 0 Å². The van der Waals surface area contributed by atoms with E-state index < -0.39 is 0 Å². The summed E-state index contributed by atoms with van der Waals surface area (Å²) in [7, 11) is 0. The summed E-state index contributed by atoms with van der Waals surface area (Å²) < 4.78 is 0. The highest BCUT2D eigenvalue weighted by Crippen LogP contribution is 2.02. The SMILES string of the molecule is Cl.O=C(NCCc1ccccc1)C1CNC1. The van der Waals surface area contributed by atoms with E-state index in [0.717, 1.165) is 26.1 Å². The zero-order valence-corrected chi connectivity index (χ0v) is 9.93. The molecule has 1 amide bonds. The van der Waals surface area contributed by atoms with Crippen molar-refractivity contribution in [2.45, 2.75) is 6.42 Å². The molecule has 2 N–H and O–H groups in total. The number of halogens is 1. The predicted molar refractivity (Wildman–Crippen MR) is 66.8 cm³/mol. The maximum Gasteiger partial charge on any atom is 0.225 e. The molecule has 0 aromatic heterocycles. The van der Waals surface area contributed by atoms with Crippen molar-refractivity contribution in [2.24, 2.45) is 5.92 Å². The molecule has 1 aromatic rings. The summed E-state index contributed by atoms with van der Waals surface area (Å²) in [4.78, 5) is 11.5. The maximum atomic E-state index is 11.5. The van der Waals surface area contributed by atoms with E-state index in [4.69, 9.17) is 0 Å². The van der Waals surface area contributed by atoms with Crippen molar-refractivity contribution >= 4 is 18.3 Å². The minimum atomic E-state index is 0. The fraction of sp³-hybridized carbons (Fsp3) is 0.417. The molecule has 1 heterocycles. The van der Waals surface area contributed by atoms with Crippen LogP contribution in [-0.4, -0.2) is 25.5 Å². The quantitative estimate of drug-likeness (QED) is 0.824. The molecule has 4 heteroatoms. The second kappa shape index (κ2) is 6.51. The maximum absolute atomic E-state index is 11.5. The molecule has 3 nitrogen and oxygen atoms in total. The van der Waals surface area contributed by atoms with Gasteiger partial charge in [0, 0.05) is 19.6 Å². The van der Waals surface area contributed by atoms with Crippen LogP contribution in [0.15, 0.2) is 30.3 Å². The van der Waals surface area contributed by atoms with Gasteiger partial charge in [-0.1, -0.05) is 30.3 Å². The van der Waals surface area contributed by atoms with Crippen molar-refractivity contribution in [1.82, 2.24) is 10.6 Å². The topological polar surface area (TPSA) is 41.1 Å². The van der Waals surface area contributed by atoms with Crippen LogP contribution in [0.2, 0.25) is 0 Å². The lowest BCUT2D eigenvalue weighted by molar-refractivity contribution is -0.126. The van der Waals surface area contributed by atoms with Crippen LogP contribution in [-0.2, 0) is 11.2 Å². The van der Waals surface area contributed by atoms with Crippen LogP contribution in [0.4, 0.5) is 0 Å². The van der Waals surface area contributed by atoms with Crippen LogP contribution >= 0.6 is 12.4 Å². The molecule has 2 rings (SSSR count). The van der Waals surface area contributed by atoms with Crippen LogP contribution in [0.1, 0.15) is 5.56 Å². The summed E-state index contributed by atoms with van der Waals surface area (Å²) in [6.45, 7) is 2.40. The van der Waals surface area contributed by atoms with Crippen molar-refractivity contribution in [3.63, 3.8) is 0 Å². The van der Waals surface area contributed by atoms with Gasteiger partial charge >= 0.3 is 0 Å². The van der Waals surface area contributed by atoms with Gasteiger partial charge in [-0.15, -0.1) is 12.4 Å². The number of benzene rings is 1. The first-order chi connectivity index (χ1) is 7.36. The summed E-state index contributed by atoms with van der Waals surface area (Å²) in [5, 5.41) is 6.04. The molecule has 16 heavy (non-hydrogen) atoms. The second-order valence-electron chi connectivity index (χ2n) is 3.88. The molecular weight excluding hydrogens is 224 g/mol. The Morgan fingerprint density at radius 1 is 1.31 bits per heavy atom. The molecule has 1 aliphatic heterocycles. The van der Waals surface area contributed by atoms with E-state index in [2.05, 4.69) is 22.8 Å². The molecule has 0 aliphatic carbocycles. The number of rotatable bonds is 4. The molecule has 0 spiro atoms. The van der Waals surface area contributed by atoms with E-state index in [0.29, 0.717) is 0 Å². The third kappa shape index (κ3) is 3.51. The number of amides is 1. The Labute approximate surface area is 102 Å². The average molecular weight is 241 g/mol. The zero-order valence-electron chi connectivity index (χ0n) is 9.11. The Hall–Kier alpha value is -1.06. The Morgan fingerprint density at radius 2 is 2.00 bits per heavy atom. The van der Waals surface area contributed by atoms with Crippen molar-refractivity contribution in [2.75, 3.05) is 19.6 Å². The third-order valence-electron chi connectivity index (χ3n) is 2.71. The standard InChI is InChI=1S/C12H16N2O.ClH/c15-12(11-8-13-9-11)14-7-6-10-4-2-1-3-5-10;/h1-5,11,13H,6-9H2,(H,14,15);1H. The Morgan fingerprint density at radius 3 is 2.56 bits per heavy atom. The first kappa shape index (κ1) is 13.0. The lowest BCUT2D eigenvalue weighted by atomic mass is 10.0. The van der Waals surface area contributed by atoms with E-state index in [9.17, 15) is 4.79 Å². The minimum absolute atomic E-state index is 0. The van der Waals surface area contributed by atoms with Crippen molar-refractivity contribution in [3.8, 4) is 0 Å². The highest BCUT2D eigenvalue weighted by Gasteiger charge is 2.23. The second-order valence-corrected chi connectivity index (χ2v) is 3.88. The largest absolute Gasteiger partial charge is 0.355 e. The van der Waals surface area contributed by atoms with Crippen molar-refractivity contribution in [1.29, 1.82) is 0 Å². The number of carbonyl (C=O) groups is 1. The molecule has 0 unspecified atom stereocenters. The van der Waals surface area contributed by atoms with Crippen LogP contribution in [0.5, 0.6) is 0 Å². The molecule has 0 radical (unpaired) electrons. The Bertz CT molecular complexity index is 325. The summed E-state index contributed by atoms with van der Waals surface area (Å²) in [6.07, 6.45) is 0.909. The van der Waals surface area contributed by atoms with Gasteiger partial charge in [0.15, 0.2) is 0 Å². The molecular formula is C12H17ClN2O. The number of carbonyl (C=O) groups excluding carboxylic acids is 1. The first-order valence-corrected chi connectivity index (χ1v) is 5.38. The zero-order chi connectivity index (χ0) is 10.5. The van der Waals surface area contributed by atoms with Gasteiger partial charge < -0.3 is 10.6 Å². The lowest BCUT2D eigenvalue weighted by Crippen LogP contribution is -2.51. The van der Waals surface area contributed by atoms with E-state index in [-0.39, 0.29) is 24.2 Å². The first-order valence-electron chi connectivity index (χ1n) is 5.38. The van der Waals surface area contributed by atoms with Gasteiger partial charge in [-0.3, -0.25) is 4.79 Å². The molecule has 1 saturated heterocycles. The number of hydrogen-bond donors (Lipinski definition) is 2. The fourth-order valence-corrected chi connectivity index (χ4v) is 1.59. The van der Waals surface area contributed by atoms with Gasteiger partial charge in [-0.05, 0) is 12.0 Å². The molecule has 0 bridgehead atoms. The van der Waals surface area contributed by atoms with E-state index in [1.807, 2.05) is 18.2 Å². The molecule has 0 saturated carbocycles. The lowest BCUT2D eigenvalue weighted by Gasteiger charge is -2.25. The summed E-state index contributed by atoms with van der Waals surface area (Å²) in [6, 6.07) is 10.2. The van der Waals surface area contributed by atoms with Gasteiger partial charge in [0.2, 0.25) is 5.91 Å². The Kier molecular flexibility index (Phi) is 5.29. The summed E-state index contributed by atoms with van der Waals surface area (Å²) >= 11 is 0. The molecule has 1 aliphatic rings. The normalized spacial score (nSPS) is 14.8. The summed E-state index contributed by atoms with van der Waals surface area (Å²) in [5.41, 5.74) is 1.27.